The van der Waals surface area contributed by atoms with Gasteiger partial charge in [-0.2, -0.15) is 0 Å². The number of fused-ring (bicyclic) bond motifs is 4. The maximum atomic E-state index is 6.88. The molecule has 0 radical (unpaired) electrons. The number of rotatable bonds is 2. The van der Waals surface area contributed by atoms with Gasteiger partial charge in [-0.25, -0.2) is 0 Å². The first-order valence-electron chi connectivity index (χ1n) is 10.1. The van der Waals surface area contributed by atoms with Crippen molar-refractivity contribution in [2.24, 2.45) is 4.99 Å². The average Bonchev–Trinajstić information content (AvgIpc) is 2.86. The van der Waals surface area contributed by atoms with Crippen LogP contribution < -0.4 is 9.64 Å². The van der Waals surface area contributed by atoms with Crippen molar-refractivity contribution in [2.75, 3.05) is 11.9 Å². The third kappa shape index (κ3) is 2.48. The van der Waals surface area contributed by atoms with Crippen molar-refractivity contribution in [3.63, 3.8) is 0 Å². The molecule has 0 fully saturated rings. The van der Waals surface area contributed by atoms with E-state index in [1.807, 2.05) is 18.0 Å². The Hall–Kier alpha value is -2.46. The lowest BCUT2D eigenvalue weighted by atomic mass is 9.77. The van der Waals surface area contributed by atoms with Crippen molar-refractivity contribution in [1.82, 2.24) is 0 Å². The number of nitrogens with zero attached hydrogens (tertiary/aromatic N) is 2. The van der Waals surface area contributed by atoms with Crippen LogP contribution in [-0.2, 0) is 5.41 Å². The van der Waals surface area contributed by atoms with Gasteiger partial charge in [-0.05, 0) is 36.9 Å². The monoisotopic (exact) mass is 402 g/mol. The van der Waals surface area contributed by atoms with Crippen molar-refractivity contribution >= 4 is 40.1 Å². The van der Waals surface area contributed by atoms with Crippen LogP contribution in [0.5, 0.6) is 5.75 Å². The maximum absolute atomic E-state index is 6.88. The van der Waals surface area contributed by atoms with Crippen LogP contribution in [0.1, 0.15) is 33.3 Å². The fourth-order valence-corrected chi connectivity index (χ4v) is 5.73. The lowest BCUT2D eigenvalue weighted by Crippen LogP contribution is -2.61. The molecule has 2 aliphatic rings. The molecule has 1 unspecified atom stereocenters. The standard InChI is InChI=1S/C25H26N2OS/c1-16(2)29-22-14-21-23(18-11-7-6-10-17(18)22)26-15-25(28-21)24(3,4)19-12-8-9-13-20(19)27(25)5/h6-16H,1-5H3. The molecule has 0 bridgehead atoms. The van der Waals surface area contributed by atoms with E-state index in [-0.39, 0.29) is 5.41 Å². The molecule has 0 N–H and O–H groups in total. The van der Waals surface area contributed by atoms with Gasteiger partial charge >= 0.3 is 0 Å². The first kappa shape index (κ1) is 18.6. The van der Waals surface area contributed by atoms with Crippen LogP contribution in [0.2, 0.25) is 0 Å². The van der Waals surface area contributed by atoms with E-state index in [9.17, 15) is 0 Å². The van der Waals surface area contributed by atoms with Crippen LogP contribution in [0.3, 0.4) is 0 Å². The summed E-state index contributed by atoms with van der Waals surface area (Å²) in [4.78, 5) is 8.49. The zero-order valence-electron chi connectivity index (χ0n) is 17.6. The minimum atomic E-state index is -0.647. The maximum Gasteiger partial charge on any atom is 0.228 e. The molecule has 1 spiro atoms. The Labute approximate surface area is 176 Å². The fourth-order valence-electron chi connectivity index (χ4n) is 4.74. The van der Waals surface area contributed by atoms with Crippen molar-refractivity contribution in [1.29, 1.82) is 0 Å². The van der Waals surface area contributed by atoms with E-state index in [0.717, 1.165) is 16.8 Å². The highest BCUT2D eigenvalue weighted by atomic mass is 32.2. The lowest BCUT2D eigenvalue weighted by Gasteiger charge is -2.45. The van der Waals surface area contributed by atoms with Crippen LogP contribution in [0.25, 0.3) is 10.8 Å². The van der Waals surface area contributed by atoms with Crippen LogP contribution in [0.4, 0.5) is 11.4 Å². The molecule has 0 saturated carbocycles. The summed E-state index contributed by atoms with van der Waals surface area (Å²) in [7, 11) is 2.11. The summed E-state index contributed by atoms with van der Waals surface area (Å²) in [5.74, 6) is 0.863. The number of para-hydroxylation sites is 1. The normalized spacial score (nSPS) is 21.5. The predicted octanol–water partition coefficient (Wildman–Crippen LogP) is 6.56. The molecule has 2 heterocycles. The molecule has 1 atom stereocenters. The van der Waals surface area contributed by atoms with Gasteiger partial charge in [-0.3, -0.25) is 4.99 Å². The third-order valence-corrected chi connectivity index (χ3v) is 7.34. The van der Waals surface area contributed by atoms with Gasteiger partial charge in [0.2, 0.25) is 5.72 Å². The zero-order chi connectivity index (χ0) is 20.4. The molecule has 148 valence electrons. The largest absolute Gasteiger partial charge is 0.459 e. The Morgan fingerprint density at radius 3 is 2.41 bits per heavy atom. The molecule has 0 aromatic heterocycles. The molecular weight excluding hydrogens is 376 g/mol. The van der Waals surface area contributed by atoms with E-state index in [2.05, 4.69) is 94.2 Å². The van der Waals surface area contributed by atoms with Crippen LogP contribution in [-0.4, -0.2) is 24.2 Å². The van der Waals surface area contributed by atoms with Crippen LogP contribution in [0.15, 0.2) is 64.5 Å². The summed E-state index contributed by atoms with van der Waals surface area (Å²) < 4.78 is 6.88. The summed E-state index contributed by atoms with van der Waals surface area (Å²) in [5, 5.41) is 2.88. The molecule has 29 heavy (non-hydrogen) atoms. The predicted molar refractivity (Wildman–Crippen MR) is 124 cm³/mol. The number of hydrogen-bond donors (Lipinski definition) is 0. The highest BCUT2D eigenvalue weighted by molar-refractivity contribution is 8.00. The van der Waals surface area contributed by atoms with E-state index in [1.54, 1.807) is 0 Å². The number of hydrogen-bond acceptors (Lipinski definition) is 4. The number of thioether (sulfide) groups is 1. The van der Waals surface area contributed by atoms with Gasteiger partial charge in [0.15, 0.2) is 0 Å². The molecule has 5 rings (SSSR count). The van der Waals surface area contributed by atoms with Crippen LogP contribution in [0, 0.1) is 0 Å². The van der Waals surface area contributed by atoms with Gasteiger partial charge in [0, 0.05) is 28.3 Å². The van der Waals surface area contributed by atoms with Gasteiger partial charge in [-0.1, -0.05) is 56.3 Å². The van der Waals surface area contributed by atoms with E-state index < -0.39 is 5.72 Å². The minimum absolute atomic E-state index is 0.240. The van der Waals surface area contributed by atoms with Crippen molar-refractivity contribution in [3.8, 4) is 5.75 Å². The van der Waals surface area contributed by atoms with Gasteiger partial charge < -0.3 is 9.64 Å². The molecule has 4 heteroatoms. The van der Waals surface area contributed by atoms with E-state index >= 15 is 0 Å². The van der Waals surface area contributed by atoms with Gasteiger partial charge in [0.25, 0.3) is 0 Å². The summed E-state index contributed by atoms with van der Waals surface area (Å²) in [6, 6.07) is 19.2. The molecule has 3 aromatic rings. The second-order valence-corrected chi connectivity index (χ2v) is 10.3. The first-order chi connectivity index (χ1) is 13.8. The van der Waals surface area contributed by atoms with E-state index in [4.69, 9.17) is 9.73 Å². The van der Waals surface area contributed by atoms with Crippen LogP contribution >= 0.6 is 11.8 Å². The third-order valence-electron chi connectivity index (χ3n) is 6.27. The Bertz CT molecular complexity index is 1150. The summed E-state index contributed by atoms with van der Waals surface area (Å²) in [5.41, 5.74) is 2.53. The molecule has 0 saturated heterocycles. The highest BCUT2D eigenvalue weighted by Crippen LogP contribution is 2.55. The van der Waals surface area contributed by atoms with Gasteiger partial charge in [0.05, 0.1) is 11.6 Å². The van der Waals surface area contributed by atoms with Gasteiger partial charge in [0.1, 0.15) is 11.4 Å². The zero-order valence-corrected chi connectivity index (χ0v) is 18.4. The molecule has 2 aliphatic heterocycles. The number of likely N-dealkylation sites (N-methyl/N-ethyl adjacent to an activating group) is 1. The first-order valence-corrected chi connectivity index (χ1v) is 11.0. The second-order valence-electron chi connectivity index (χ2n) is 8.69. The molecule has 0 amide bonds. The molecule has 0 aliphatic carbocycles. The molecule has 3 aromatic carbocycles. The smallest absolute Gasteiger partial charge is 0.228 e. The Balaban J connectivity index is 1.71. The van der Waals surface area contributed by atoms with E-state index in [1.165, 1.54) is 21.5 Å². The SMILES string of the molecule is CC(C)Sc1cc2c(c3ccccc13)N=CC1(O2)N(C)c2ccccc2C1(C)C. The van der Waals surface area contributed by atoms with Crippen molar-refractivity contribution < 1.29 is 4.74 Å². The summed E-state index contributed by atoms with van der Waals surface area (Å²) in [6.07, 6.45) is 2.01. The Kier molecular flexibility index (Phi) is 4.01. The Morgan fingerprint density at radius 1 is 1.00 bits per heavy atom. The summed E-state index contributed by atoms with van der Waals surface area (Å²) in [6.45, 7) is 8.95. The number of anilines is 1. The fraction of sp³-hybridized carbons (Fsp3) is 0.320. The van der Waals surface area contributed by atoms with Crippen molar-refractivity contribution in [2.45, 2.75) is 49.0 Å². The number of benzene rings is 3. The minimum Gasteiger partial charge on any atom is -0.459 e. The number of ether oxygens (including phenoxy) is 1. The van der Waals surface area contributed by atoms with Crippen molar-refractivity contribution in [3.05, 3.63) is 60.2 Å². The second kappa shape index (κ2) is 6.27. The number of aliphatic imine (C=N–C) groups is 1. The average molecular weight is 403 g/mol. The van der Waals surface area contributed by atoms with Gasteiger partial charge in [-0.15, -0.1) is 11.8 Å². The highest BCUT2D eigenvalue weighted by Gasteiger charge is 2.58. The lowest BCUT2D eigenvalue weighted by molar-refractivity contribution is 0.0824. The quantitative estimate of drug-likeness (QED) is 0.454. The summed E-state index contributed by atoms with van der Waals surface area (Å²) >= 11 is 1.87. The molecule has 3 nitrogen and oxygen atoms in total. The topological polar surface area (TPSA) is 24.8 Å². The molecular formula is C25H26N2OS. The van der Waals surface area contributed by atoms with E-state index in [0.29, 0.717) is 5.25 Å². The Morgan fingerprint density at radius 2 is 1.69 bits per heavy atom.